The molecule has 21 heavy (non-hydrogen) atoms. The van der Waals surface area contributed by atoms with Crippen molar-refractivity contribution in [2.45, 2.75) is 45.7 Å². The van der Waals surface area contributed by atoms with Gasteiger partial charge in [0.05, 0.1) is 17.6 Å². The highest BCUT2D eigenvalue weighted by atomic mass is 15.3. The highest BCUT2D eigenvalue weighted by Crippen LogP contribution is 2.26. The first-order chi connectivity index (χ1) is 9.85. The summed E-state index contributed by atoms with van der Waals surface area (Å²) in [6, 6.07) is 0. The maximum absolute atomic E-state index is 4.78. The summed E-state index contributed by atoms with van der Waals surface area (Å²) < 4.78 is 0. The van der Waals surface area contributed by atoms with Gasteiger partial charge < -0.3 is 10.2 Å². The molecule has 1 fully saturated rings. The van der Waals surface area contributed by atoms with E-state index < -0.39 is 0 Å². The van der Waals surface area contributed by atoms with E-state index in [2.05, 4.69) is 54.8 Å². The molecule has 0 unspecified atom stereocenters. The van der Waals surface area contributed by atoms with Crippen molar-refractivity contribution in [2.24, 2.45) is 0 Å². The lowest BCUT2D eigenvalue weighted by molar-refractivity contribution is 0.138. The molecule has 1 aromatic heterocycles. The van der Waals surface area contributed by atoms with Gasteiger partial charge >= 0.3 is 0 Å². The maximum Gasteiger partial charge on any atom is 0.131 e. The number of hydrogen-bond acceptors (Lipinski definition) is 5. The molecule has 2 rings (SSSR count). The highest BCUT2D eigenvalue weighted by Gasteiger charge is 2.32. The van der Waals surface area contributed by atoms with Gasteiger partial charge in [-0.15, -0.1) is 0 Å². The maximum atomic E-state index is 4.78. The molecule has 0 atom stereocenters. The molecule has 5 nitrogen and oxygen atoms in total. The van der Waals surface area contributed by atoms with E-state index in [1.54, 1.807) is 0 Å². The van der Waals surface area contributed by atoms with E-state index in [9.17, 15) is 0 Å². The highest BCUT2D eigenvalue weighted by molar-refractivity contribution is 5.50. The van der Waals surface area contributed by atoms with E-state index >= 15 is 0 Å². The van der Waals surface area contributed by atoms with Gasteiger partial charge in [0, 0.05) is 37.6 Å². The average molecular weight is 291 g/mol. The number of nitrogens with one attached hydrogen (secondary N) is 1. The lowest BCUT2D eigenvalue weighted by atomic mass is 9.99. The molecule has 0 radical (unpaired) electrons. The van der Waals surface area contributed by atoms with Gasteiger partial charge in [0.2, 0.25) is 0 Å². The van der Waals surface area contributed by atoms with Crippen molar-refractivity contribution >= 4 is 5.69 Å². The summed E-state index contributed by atoms with van der Waals surface area (Å²) in [5.41, 5.74) is 2.46. The summed E-state index contributed by atoms with van der Waals surface area (Å²) in [5.74, 6) is 1.29. The third kappa shape index (κ3) is 3.52. The fourth-order valence-electron chi connectivity index (χ4n) is 2.71. The van der Waals surface area contributed by atoms with Crippen LogP contribution < -0.4 is 10.2 Å². The number of piperazine rings is 1. The van der Waals surface area contributed by atoms with Gasteiger partial charge in [-0.05, 0) is 27.9 Å². The normalized spacial score (nSPS) is 19.3. The van der Waals surface area contributed by atoms with Crippen LogP contribution in [0, 0.1) is 0 Å². The Kier molecular flexibility index (Phi) is 4.84. The van der Waals surface area contributed by atoms with Crippen molar-refractivity contribution in [2.75, 3.05) is 38.6 Å². The van der Waals surface area contributed by atoms with Gasteiger partial charge in [0.25, 0.3) is 0 Å². The molecule has 0 bridgehead atoms. The molecular formula is C16H29N5. The second-order valence-electron chi connectivity index (χ2n) is 6.90. The molecule has 1 aliphatic rings. The Balaban J connectivity index is 2.30. The van der Waals surface area contributed by atoms with E-state index in [0.717, 1.165) is 37.7 Å². The first-order valence-electron chi connectivity index (χ1n) is 7.81. The summed E-state index contributed by atoms with van der Waals surface area (Å²) in [6.45, 7) is 12.7. The summed E-state index contributed by atoms with van der Waals surface area (Å²) in [4.78, 5) is 14.2. The van der Waals surface area contributed by atoms with E-state index in [1.165, 1.54) is 5.69 Å². The molecule has 0 saturated carbocycles. The zero-order chi connectivity index (χ0) is 15.6. The molecule has 0 spiro atoms. The molecule has 1 aliphatic heterocycles. The SMILES string of the molecule is CNCc1nc(C(C)C)ncc1N1CCN(C)C(C)(C)C1. The van der Waals surface area contributed by atoms with Gasteiger partial charge in [-0.1, -0.05) is 13.8 Å². The Morgan fingerprint density at radius 3 is 2.62 bits per heavy atom. The predicted octanol–water partition coefficient (Wildman–Crippen LogP) is 1.85. The van der Waals surface area contributed by atoms with Gasteiger partial charge in [-0.25, -0.2) is 9.97 Å². The Morgan fingerprint density at radius 2 is 2.05 bits per heavy atom. The molecule has 0 aliphatic carbocycles. The Bertz CT molecular complexity index is 484. The minimum atomic E-state index is 0.173. The van der Waals surface area contributed by atoms with E-state index in [0.29, 0.717) is 5.92 Å². The van der Waals surface area contributed by atoms with Crippen molar-refractivity contribution in [1.29, 1.82) is 0 Å². The van der Waals surface area contributed by atoms with Gasteiger partial charge in [0.15, 0.2) is 0 Å². The zero-order valence-corrected chi connectivity index (χ0v) is 14.3. The van der Waals surface area contributed by atoms with Crippen LogP contribution in [0.3, 0.4) is 0 Å². The summed E-state index contributed by atoms with van der Waals surface area (Å²) in [6.07, 6.45) is 2.01. The summed E-state index contributed by atoms with van der Waals surface area (Å²) >= 11 is 0. The Hall–Kier alpha value is -1.20. The lowest BCUT2D eigenvalue weighted by Crippen LogP contribution is -2.58. The van der Waals surface area contributed by atoms with Gasteiger partial charge in [-0.2, -0.15) is 0 Å². The fraction of sp³-hybridized carbons (Fsp3) is 0.750. The van der Waals surface area contributed by atoms with E-state index in [4.69, 9.17) is 4.98 Å². The van der Waals surface area contributed by atoms with Crippen molar-refractivity contribution in [1.82, 2.24) is 20.2 Å². The van der Waals surface area contributed by atoms with Crippen molar-refractivity contribution in [3.63, 3.8) is 0 Å². The zero-order valence-electron chi connectivity index (χ0n) is 14.3. The standard InChI is InChI=1S/C16H29N5/c1-12(2)15-18-10-14(13(19-15)9-17-5)21-8-7-20(6)16(3,4)11-21/h10,12,17H,7-9,11H2,1-6H3. The van der Waals surface area contributed by atoms with E-state index in [1.807, 2.05) is 13.2 Å². The summed E-state index contributed by atoms with van der Waals surface area (Å²) in [7, 11) is 4.17. The van der Waals surface area contributed by atoms with Crippen LogP contribution in [0.15, 0.2) is 6.20 Å². The fourth-order valence-corrected chi connectivity index (χ4v) is 2.71. The molecule has 2 heterocycles. The van der Waals surface area contributed by atoms with Crippen LogP contribution >= 0.6 is 0 Å². The average Bonchev–Trinajstić information content (AvgIpc) is 2.42. The first kappa shape index (κ1) is 16.2. The molecule has 1 aromatic rings. The monoisotopic (exact) mass is 291 g/mol. The smallest absolute Gasteiger partial charge is 0.131 e. The molecule has 1 N–H and O–H groups in total. The lowest BCUT2D eigenvalue weighted by Gasteiger charge is -2.46. The quantitative estimate of drug-likeness (QED) is 0.917. The van der Waals surface area contributed by atoms with Crippen LogP contribution in [-0.2, 0) is 6.54 Å². The van der Waals surface area contributed by atoms with Gasteiger partial charge in [0.1, 0.15) is 5.82 Å². The van der Waals surface area contributed by atoms with Crippen molar-refractivity contribution in [3.8, 4) is 0 Å². The Morgan fingerprint density at radius 1 is 1.33 bits per heavy atom. The molecule has 0 aromatic carbocycles. The second-order valence-corrected chi connectivity index (χ2v) is 6.90. The number of anilines is 1. The molecule has 5 heteroatoms. The third-order valence-corrected chi connectivity index (χ3v) is 4.38. The number of hydrogen-bond donors (Lipinski definition) is 1. The number of aromatic nitrogens is 2. The van der Waals surface area contributed by atoms with Crippen molar-refractivity contribution < 1.29 is 0 Å². The molecular weight excluding hydrogens is 262 g/mol. The van der Waals surface area contributed by atoms with Crippen LogP contribution in [0.2, 0.25) is 0 Å². The second kappa shape index (κ2) is 6.28. The van der Waals surface area contributed by atoms with Gasteiger partial charge in [-0.3, -0.25) is 4.90 Å². The predicted molar refractivity (Wildman–Crippen MR) is 87.8 cm³/mol. The summed E-state index contributed by atoms with van der Waals surface area (Å²) in [5, 5.41) is 3.23. The first-order valence-corrected chi connectivity index (χ1v) is 7.81. The molecule has 0 amide bonds. The number of rotatable bonds is 4. The Labute approximate surface area is 128 Å². The number of likely N-dealkylation sites (N-methyl/N-ethyl adjacent to an activating group) is 1. The van der Waals surface area contributed by atoms with Crippen LogP contribution in [0.1, 0.15) is 45.1 Å². The van der Waals surface area contributed by atoms with Crippen LogP contribution in [-0.4, -0.2) is 54.1 Å². The van der Waals surface area contributed by atoms with Crippen LogP contribution in [0.4, 0.5) is 5.69 Å². The number of nitrogens with zero attached hydrogens (tertiary/aromatic N) is 4. The molecule has 1 saturated heterocycles. The minimum absolute atomic E-state index is 0.173. The van der Waals surface area contributed by atoms with Crippen molar-refractivity contribution in [3.05, 3.63) is 17.7 Å². The topological polar surface area (TPSA) is 44.3 Å². The third-order valence-electron chi connectivity index (χ3n) is 4.38. The van der Waals surface area contributed by atoms with Crippen LogP contribution in [0.5, 0.6) is 0 Å². The molecule has 118 valence electrons. The van der Waals surface area contributed by atoms with Crippen LogP contribution in [0.25, 0.3) is 0 Å². The van der Waals surface area contributed by atoms with E-state index in [-0.39, 0.29) is 5.54 Å². The minimum Gasteiger partial charge on any atom is -0.366 e. The largest absolute Gasteiger partial charge is 0.366 e.